The maximum absolute atomic E-state index is 11.8. The summed E-state index contributed by atoms with van der Waals surface area (Å²) >= 11 is 0. The van der Waals surface area contributed by atoms with Gasteiger partial charge >= 0.3 is 0 Å². The van der Waals surface area contributed by atoms with E-state index >= 15 is 0 Å². The van der Waals surface area contributed by atoms with Gasteiger partial charge in [-0.15, -0.1) is 0 Å². The van der Waals surface area contributed by atoms with E-state index in [1.165, 1.54) is 0 Å². The van der Waals surface area contributed by atoms with E-state index in [0.717, 1.165) is 24.8 Å². The van der Waals surface area contributed by atoms with Crippen LogP contribution < -0.4 is 0 Å². The number of nitrogens with zero attached hydrogens (tertiary/aromatic N) is 1. The Labute approximate surface area is 91.8 Å². The van der Waals surface area contributed by atoms with Crippen molar-refractivity contribution in [1.29, 1.82) is 0 Å². The number of rotatable bonds is 4. The Morgan fingerprint density at radius 3 is 2.53 bits per heavy atom. The lowest BCUT2D eigenvalue weighted by Gasteiger charge is -2.46. The summed E-state index contributed by atoms with van der Waals surface area (Å²) in [4.78, 5) is 13.5. The van der Waals surface area contributed by atoms with Crippen molar-refractivity contribution in [2.24, 2.45) is 0 Å². The van der Waals surface area contributed by atoms with Crippen molar-refractivity contribution < 1.29 is 9.90 Å². The van der Waals surface area contributed by atoms with Crippen molar-refractivity contribution in [2.45, 2.75) is 45.6 Å². The average Bonchev–Trinajstić information content (AvgIpc) is 2.13. The predicted molar refractivity (Wildman–Crippen MR) is 60.5 cm³/mol. The topological polar surface area (TPSA) is 40.5 Å². The SMILES string of the molecule is CCC=C(C)C(=O)N1CC(O)(CCC)C1. The van der Waals surface area contributed by atoms with Gasteiger partial charge in [0.05, 0.1) is 18.7 Å². The van der Waals surface area contributed by atoms with Crippen molar-refractivity contribution in [1.82, 2.24) is 4.90 Å². The molecular weight excluding hydrogens is 190 g/mol. The van der Waals surface area contributed by atoms with Crippen LogP contribution in [0.4, 0.5) is 0 Å². The van der Waals surface area contributed by atoms with Crippen LogP contribution >= 0.6 is 0 Å². The quantitative estimate of drug-likeness (QED) is 0.719. The minimum absolute atomic E-state index is 0.0672. The van der Waals surface area contributed by atoms with Gasteiger partial charge in [0, 0.05) is 5.57 Å². The molecule has 1 saturated heterocycles. The molecule has 1 N–H and O–H groups in total. The molecule has 1 aliphatic heterocycles. The van der Waals surface area contributed by atoms with E-state index in [1.807, 2.05) is 26.8 Å². The third-order valence-electron chi connectivity index (χ3n) is 2.82. The Kier molecular flexibility index (Phi) is 3.91. The van der Waals surface area contributed by atoms with E-state index in [4.69, 9.17) is 0 Å². The van der Waals surface area contributed by atoms with Gasteiger partial charge in [-0.1, -0.05) is 26.3 Å². The van der Waals surface area contributed by atoms with Crippen LogP contribution in [0.1, 0.15) is 40.0 Å². The van der Waals surface area contributed by atoms with Crippen molar-refractivity contribution in [2.75, 3.05) is 13.1 Å². The molecule has 0 aromatic heterocycles. The maximum Gasteiger partial charge on any atom is 0.249 e. The highest BCUT2D eigenvalue weighted by Gasteiger charge is 2.42. The second kappa shape index (κ2) is 4.79. The highest BCUT2D eigenvalue weighted by Crippen LogP contribution is 2.26. The Hall–Kier alpha value is -0.830. The lowest BCUT2D eigenvalue weighted by molar-refractivity contribution is -0.152. The zero-order valence-electron chi connectivity index (χ0n) is 9.92. The number of likely N-dealkylation sites (tertiary alicyclic amines) is 1. The fourth-order valence-corrected chi connectivity index (χ4v) is 2.07. The van der Waals surface area contributed by atoms with Crippen molar-refractivity contribution in [3.05, 3.63) is 11.6 Å². The first kappa shape index (κ1) is 12.2. The van der Waals surface area contributed by atoms with Crippen molar-refractivity contribution in [3.8, 4) is 0 Å². The normalized spacial score (nSPS) is 20.0. The van der Waals surface area contributed by atoms with Gasteiger partial charge in [0.2, 0.25) is 5.91 Å². The number of aliphatic hydroxyl groups is 1. The monoisotopic (exact) mass is 211 g/mol. The zero-order chi connectivity index (χ0) is 11.5. The molecule has 1 aliphatic rings. The Morgan fingerprint density at radius 1 is 1.47 bits per heavy atom. The number of carbonyl (C=O) groups is 1. The zero-order valence-corrected chi connectivity index (χ0v) is 9.92. The summed E-state index contributed by atoms with van der Waals surface area (Å²) in [6.45, 7) is 6.89. The smallest absolute Gasteiger partial charge is 0.249 e. The molecule has 15 heavy (non-hydrogen) atoms. The minimum atomic E-state index is -0.614. The number of allylic oxidation sites excluding steroid dienone is 1. The summed E-state index contributed by atoms with van der Waals surface area (Å²) in [5, 5.41) is 9.93. The second-order valence-corrected chi connectivity index (χ2v) is 4.43. The first-order valence-corrected chi connectivity index (χ1v) is 5.71. The third-order valence-corrected chi connectivity index (χ3v) is 2.82. The maximum atomic E-state index is 11.8. The van der Waals surface area contributed by atoms with E-state index in [1.54, 1.807) is 4.90 Å². The molecule has 0 unspecified atom stereocenters. The van der Waals surface area contributed by atoms with Crippen LogP contribution in [0.3, 0.4) is 0 Å². The van der Waals surface area contributed by atoms with Gasteiger partial charge in [-0.25, -0.2) is 0 Å². The molecule has 0 saturated carbocycles. The van der Waals surface area contributed by atoms with Crippen LogP contribution in [0.25, 0.3) is 0 Å². The summed E-state index contributed by atoms with van der Waals surface area (Å²) in [5.74, 6) is 0.0672. The molecule has 86 valence electrons. The highest BCUT2D eigenvalue weighted by molar-refractivity contribution is 5.93. The minimum Gasteiger partial charge on any atom is -0.386 e. The molecular formula is C12H21NO2. The van der Waals surface area contributed by atoms with Gasteiger partial charge in [-0.2, -0.15) is 0 Å². The van der Waals surface area contributed by atoms with Crippen LogP contribution in [-0.2, 0) is 4.79 Å². The predicted octanol–water partition coefficient (Wildman–Crippen LogP) is 1.72. The Bertz CT molecular complexity index is 265. The molecule has 1 rings (SSSR count). The molecule has 0 bridgehead atoms. The first-order valence-electron chi connectivity index (χ1n) is 5.71. The second-order valence-electron chi connectivity index (χ2n) is 4.43. The standard InChI is InChI=1S/C12H21NO2/c1-4-6-10(3)11(14)13-8-12(15,9-13)7-5-2/h6,15H,4-5,7-9H2,1-3H3. The van der Waals surface area contributed by atoms with Crippen molar-refractivity contribution in [3.63, 3.8) is 0 Å². The number of hydrogen-bond donors (Lipinski definition) is 1. The summed E-state index contributed by atoms with van der Waals surface area (Å²) in [6.07, 6.45) is 4.56. The van der Waals surface area contributed by atoms with Gasteiger partial charge in [0.1, 0.15) is 0 Å². The third kappa shape index (κ3) is 2.81. The molecule has 3 nitrogen and oxygen atoms in total. The lowest BCUT2D eigenvalue weighted by atomic mass is 9.89. The molecule has 0 spiro atoms. The fourth-order valence-electron chi connectivity index (χ4n) is 2.07. The fraction of sp³-hybridized carbons (Fsp3) is 0.750. The molecule has 0 aliphatic carbocycles. The molecule has 0 aromatic rings. The molecule has 1 fully saturated rings. The molecule has 3 heteroatoms. The average molecular weight is 211 g/mol. The summed E-state index contributed by atoms with van der Waals surface area (Å²) < 4.78 is 0. The van der Waals surface area contributed by atoms with Gasteiger partial charge in [0.25, 0.3) is 0 Å². The van der Waals surface area contributed by atoms with Crippen LogP contribution in [0.2, 0.25) is 0 Å². The summed E-state index contributed by atoms with van der Waals surface area (Å²) in [7, 11) is 0. The van der Waals surface area contributed by atoms with E-state index in [0.29, 0.717) is 13.1 Å². The van der Waals surface area contributed by atoms with Crippen LogP contribution in [0, 0.1) is 0 Å². The van der Waals surface area contributed by atoms with Crippen LogP contribution in [-0.4, -0.2) is 34.6 Å². The number of β-amino-alcohol motifs (C(OH)–C–C–N with tert-alkyl or cyclic N) is 1. The van der Waals surface area contributed by atoms with E-state index < -0.39 is 5.60 Å². The lowest BCUT2D eigenvalue weighted by Crippen LogP contribution is -2.63. The summed E-state index contributed by atoms with van der Waals surface area (Å²) in [5.41, 5.74) is 0.174. The highest BCUT2D eigenvalue weighted by atomic mass is 16.3. The van der Waals surface area contributed by atoms with Crippen molar-refractivity contribution >= 4 is 5.91 Å². The van der Waals surface area contributed by atoms with E-state index in [-0.39, 0.29) is 5.91 Å². The molecule has 1 amide bonds. The van der Waals surface area contributed by atoms with Gasteiger partial charge in [0.15, 0.2) is 0 Å². The Morgan fingerprint density at radius 2 is 2.07 bits per heavy atom. The van der Waals surface area contributed by atoms with Crippen LogP contribution in [0.5, 0.6) is 0 Å². The number of hydrogen-bond acceptors (Lipinski definition) is 2. The number of carbonyl (C=O) groups excluding carboxylic acids is 1. The van der Waals surface area contributed by atoms with Gasteiger partial charge in [-0.05, 0) is 19.8 Å². The molecule has 1 heterocycles. The molecule has 0 radical (unpaired) electrons. The van der Waals surface area contributed by atoms with Gasteiger partial charge in [-0.3, -0.25) is 4.79 Å². The molecule has 0 aromatic carbocycles. The summed E-state index contributed by atoms with van der Waals surface area (Å²) in [6, 6.07) is 0. The molecule has 0 atom stereocenters. The van der Waals surface area contributed by atoms with E-state index in [2.05, 4.69) is 0 Å². The van der Waals surface area contributed by atoms with E-state index in [9.17, 15) is 9.90 Å². The van der Waals surface area contributed by atoms with Gasteiger partial charge < -0.3 is 10.0 Å². The number of amides is 1. The van der Waals surface area contributed by atoms with Crippen LogP contribution in [0.15, 0.2) is 11.6 Å². The first-order chi connectivity index (χ1) is 7.02. The Balaban J connectivity index is 2.45. The largest absolute Gasteiger partial charge is 0.386 e.